The Bertz CT molecular complexity index is 515. The fraction of sp³-hybridized carbons (Fsp3) is 0.308. The molecule has 0 saturated carbocycles. The lowest BCUT2D eigenvalue weighted by Crippen LogP contribution is -2.22. The van der Waals surface area contributed by atoms with Gasteiger partial charge in [0.2, 0.25) is 0 Å². The van der Waals surface area contributed by atoms with Gasteiger partial charge < -0.3 is 5.32 Å². The topological polar surface area (TPSA) is 24.9 Å². The van der Waals surface area contributed by atoms with Gasteiger partial charge in [-0.3, -0.25) is 4.98 Å². The summed E-state index contributed by atoms with van der Waals surface area (Å²) >= 11 is 11.5. The number of likely N-dealkylation sites (N-methyl/N-ethyl adjacent to an activating group) is 1. The molecule has 2 nitrogen and oxygen atoms in total. The van der Waals surface area contributed by atoms with Gasteiger partial charge in [-0.25, -0.2) is 0 Å². The zero-order valence-corrected chi connectivity index (χ0v) is 13.1. The standard InChI is InChI=1S/C13H14BrClN2S/c1-2-17-12(13-10(14)4-6-18-13)7-9-3-5-16-8-11(9)15/h3-6,8,12,17H,2,7H2,1H3. The van der Waals surface area contributed by atoms with Crippen molar-refractivity contribution < 1.29 is 0 Å². The second-order valence-electron chi connectivity index (χ2n) is 3.91. The third kappa shape index (κ3) is 3.32. The molecule has 0 fully saturated rings. The molecule has 2 rings (SSSR count). The van der Waals surface area contributed by atoms with Gasteiger partial charge in [0.25, 0.3) is 0 Å². The Balaban J connectivity index is 2.22. The summed E-state index contributed by atoms with van der Waals surface area (Å²) in [7, 11) is 0. The van der Waals surface area contributed by atoms with E-state index < -0.39 is 0 Å². The third-order valence-corrected chi connectivity index (χ3v) is 5.02. The zero-order chi connectivity index (χ0) is 13.0. The van der Waals surface area contributed by atoms with Crippen LogP contribution < -0.4 is 5.32 Å². The van der Waals surface area contributed by atoms with Crippen LogP contribution in [0, 0.1) is 0 Å². The Kier molecular flexibility index (Phi) is 5.18. The molecule has 5 heteroatoms. The van der Waals surface area contributed by atoms with Crippen LogP contribution in [-0.2, 0) is 6.42 Å². The molecular formula is C13H14BrClN2S. The normalized spacial score (nSPS) is 12.6. The number of hydrogen-bond donors (Lipinski definition) is 1. The number of thiophene rings is 1. The van der Waals surface area contributed by atoms with Gasteiger partial charge in [0.1, 0.15) is 0 Å². The Morgan fingerprint density at radius 1 is 1.50 bits per heavy atom. The van der Waals surface area contributed by atoms with Crippen molar-refractivity contribution in [1.82, 2.24) is 10.3 Å². The van der Waals surface area contributed by atoms with E-state index in [1.807, 2.05) is 6.07 Å². The molecule has 2 aromatic heterocycles. The monoisotopic (exact) mass is 344 g/mol. The van der Waals surface area contributed by atoms with Crippen molar-refractivity contribution in [3.63, 3.8) is 0 Å². The van der Waals surface area contributed by atoms with Crippen LogP contribution in [0.1, 0.15) is 23.4 Å². The van der Waals surface area contributed by atoms with Crippen molar-refractivity contribution in [2.75, 3.05) is 6.54 Å². The van der Waals surface area contributed by atoms with Gasteiger partial charge in [-0.05, 0) is 52.0 Å². The number of halogens is 2. The molecule has 0 aliphatic carbocycles. The molecule has 0 aromatic carbocycles. The Morgan fingerprint density at radius 3 is 2.94 bits per heavy atom. The van der Waals surface area contributed by atoms with Gasteiger partial charge in [0.05, 0.1) is 5.02 Å². The molecule has 18 heavy (non-hydrogen) atoms. The van der Waals surface area contributed by atoms with Crippen molar-refractivity contribution in [2.45, 2.75) is 19.4 Å². The lowest BCUT2D eigenvalue weighted by atomic mass is 10.1. The third-order valence-electron chi connectivity index (χ3n) is 2.69. The van der Waals surface area contributed by atoms with E-state index in [2.05, 4.69) is 44.6 Å². The molecule has 2 aromatic rings. The second kappa shape index (κ2) is 6.66. The van der Waals surface area contributed by atoms with E-state index in [-0.39, 0.29) is 6.04 Å². The molecule has 0 bridgehead atoms. The average Bonchev–Trinajstić information content (AvgIpc) is 2.78. The van der Waals surface area contributed by atoms with Gasteiger partial charge in [0, 0.05) is 27.8 Å². The first-order chi connectivity index (χ1) is 8.72. The highest BCUT2D eigenvalue weighted by Gasteiger charge is 2.16. The fourth-order valence-corrected chi connectivity index (χ4v) is 3.77. The van der Waals surface area contributed by atoms with Crippen LogP contribution in [0.25, 0.3) is 0 Å². The summed E-state index contributed by atoms with van der Waals surface area (Å²) in [4.78, 5) is 5.33. The summed E-state index contributed by atoms with van der Waals surface area (Å²) < 4.78 is 1.16. The van der Waals surface area contributed by atoms with Crippen LogP contribution in [0.15, 0.2) is 34.4 Å². The van der Waals surface area contributed by atoms with Crippen LogP contribution in [0.3, 0.4) is 0 Å². The summed E-state index contributed by atoms with van der Waals surface area (Å²) in [6.45, 7) is 3.04. The number of nitrogens with one attached hydrogen (secondary N) is 1. The van der Waals surface area contributed by atoms with E-state index in [1.165, 1.54) is 4.88 Å². The molecular weight excluding hydrogens is 332 g/mol. The first kappa shape index (κ1) is 14.0. The maximum atomic E-state index is 6.17. The Labute approximate surface area is 125 Å². The van der Waals surface area contributed by atoms with Crippen molar-refractivity contribution in [2.24, 2.45) is 0 Å². The lowest BCUT2D eigenvalue weighted by molar-refractivity contribution is 0.556. The number of aromatic nitrogens is 1. The molecule has 0 saturated heterocycles. The molecule has 96 valence electrons. The predicted octanol–water partition coefficient (Wildman–Crippen LogP) is 4.45. The highest BCUT2D eigenvalue weighted by molar-refractivity contribution is 9.10. The quantitative estimate of drug-likeness (QED) is 0.866. The Morgan fingerprint density at radius 2 is 2.33 bits per heavy atom. The van der Waals surface area contributed by atoms with E-state index in [0.29, 0.717) is 0 Å². The van der Waals surface area contributed by atoms with Gasteiger partial charge in [-0.15, -0.1) is 11.3 Å². The molecule has 0 aliphatic rings. The minimum absolute atomic E-state index is 0.282. The predicted molar refractivity (Wildman–Crippen MR) is 81.4 cm³/mol. The van der Waals surface area contributed by atoms with Gasteiger partial charge in [-0.1, -0.05) is 18.5 Å². The molecule has 0 amide bonds. The fourth-order valence-electron chi connectivity index (χ4n) is 1.85. The SMILES string of the molecule is CCNC(Cc1ccncc1Cl)c1sccc1Br. The first-order valence-electron chi connectivity index (χ1n) is 5.77. The van der Waals surface area contributed by atoms with Gasteiger partial charge in [0.15, 0.2) is 0 Å². The maximum absolute atomic E-state index is 6.17. The smallest absolute Gasteiger partial charge is 0.0622 e. The van der Waals surface area contributed by atoms with Crippen LogP contribution in [-0.4, -0.2) is 11.5 Å². The average molecular weight is 346 g/mol. The maximum Gasteiger partial charge on any atom is 0.0622 e. The van der Waals surface area contributed by atoms with Crippen molar-refractivity contribution in [3.05, 3.63) is 49.8 Å². The summed E-state index contributed by atoms with van der Waals surface area (Å²) in [6, 6.07) is 4.34. The van der Waals surface area contributed by atoms with Crippen molar-refractivity contribution >= 4 is 38.9 Å². The number of pyridine rings is 1. The largest absolute Gasteiger partial charge is 0.309 e. The van der Waals surface area contributed by atoms with Gasteiger partial charge >= 0.3 is 0 Å². The van der Waals surface area contributed by atoms with Crippen LogP contribution in [0.4, 0.5) is 0 Å². The molecule has 1 unspecified atom stereocenters. The van der Waals surface area contributed by atoms with E-state index in [1.54, 1.807) is 23.7 Å². The molecule has 0 spiro atoms. The molecule has 1 atom stereocenters. The first-order valence-corrected chi connectivity index (χ1v) is 7.82. The number of nitrogens with zero attached hydrogens (tertiary/aromatic N) is 1. The zero-order valence-electron chi connectivity index (χ0n) is 9.99. The minimum Gasteiger partial charge on any atom is -0.309 e. The molecule has 2 heterocycles. The number of hydrogen-bond acceptors (Lipinski definition) is 3. The van der Waals surface area contributed by atoms with E-state index in [0.717, 1.165) is 28.0 Å². The highest BCUT2D eigenvalue weighted by Crippen LogP contribution is 2.32. The summed E-state index contributed by atoms with van der Waals surface area (Å²) in [5.74, 6) is 0. The second-order valence-corrected chi connectivity index (χ2v) is 6.12. The summed E-state index contributed by atoms with van der Waals surface area (Å²) in [6.07, 6.45) is 4.35. The van der Waals surface area contributed by atoms with Crippen molar-refractivity contribution in [3.8, 4) is 0 Å². The molecule has 0 radical (unpaired) electrons. The van der Waals surface area contributed by atoms with E-state index in [9.17, 15) is 0 Å². The number of rotatable bonds is 5. The molecule has 1 N–H and O–H groups in total. The summed E-state index contributed by atoms with van der Waals surface area (Å²) in [5, 5.41) is 6.33. The highest BCUT2D eigenvalue weighted by atomic mass is 79.9. The minimum atomic E-state index is 0.282. The summed E-state index contributed by atoms with van der Waals surface area (Å²) in [5.41, 5.74) is 1.12. The van der Waals surface area contributed by atoms with E-state index in [4.69, 9.17) is 11.6 Å². The van der Waals surface area contributed by atoms with Crippen LogP contribution in [0.2, 0.25) is 5.02 Å². The van der Waals surface area contributed by atoms with Crippen molar-refractivity contribution in [1.29, 1.82) is 0 Å². The van der Waals surface area contributed by atoms with Gasteiger partial charge in [-0.2, -0.15) is 0 Å². The Hall–Kier alpha value is -0.420. The molecule has 0 aliphatic heterocycles. The van der Waals surface area contributed by atoms with E-state index >= 15 is 0 Å². The van der Waals surface area contributed by atoms with Crippen LogP contribution in [0.5, 0.6) is 0 Å². The van der Waals surface area contributed by atoms with Crippen LogP contribution >= 0.6 is 38.9 Å². The lowest BCUT2D eigenvalue weighted by Gasteiger charge is -2.18.